The monoisotopic (exact) mass is 312 g/mol. The van der Waals surface area contributed by atoms with Gasteiger partial charge in [-0.1, -0.05) is 0 Å². The second-order valence-corrected chi connectivity index (χ2v) is 4.96. The summed E-state index contributed by atoms with van der Waals surface area (Å²) in [5, 5.41) is 8.77. The Morgan fingerprint density at radius 1 is 1.22 bits per heavy atom. The van der Waals surface area contributed by atoms with Gasteiger partial charge in [0, 0.05) is 12.2 Å². The third-order valence-electron chi connectivity index (χ3n) is 3.36. The number of carbonyl (C=O) groups excluding carboxylic acids is 1. The van der Waals surface area contributed by atoms with E-state index < -0.39 is 6.10 Å². The number of anilines is 1. The van der Waals surface area contributed by atoms with Crippen LogP contribution in [0.4, 0.5) is 10.1 Å². The quantitative estimate of drug-likeness (QED) is 0.849. The van der Waals surface area contributed by atoms with Crippen molar-refractivity contribution < 1.29 is 13.9 Å². The summed E-state index contributed by atoms with van der Waals surface area (Å²) in [5.41, 5.74) is 1.15. The van der Waals surface area contributed by atoms with Gasteiger partial charge in [0.1, 0.15) is 11.6 Å². The Labute approximate surface area is 134 Å². The zero-order valence-corrected chi connectivity index (χ0v) is 13.0. The van der Waals surface area contributed by atoms with Gasteiger partial charge in [-0.2, -0.15) is 5.26 Å². The lowest BCUT2D eigenvalue weighted by molar-refractivity contribution is -0.124. The lowest BCUT2D eigenvalue weighted by Gasteiger charge is -2.25. The van der Waals surface area contributed by atoms with E-state index in [9.17, 15) is 9.18 Å². The van der Waals surface area contributed by atoms with Crippen LogP contribution in [0.5, 0.6) is 5.75 Å². The minimum Gasteiger partial charge on any atom is -0.481 e. The van der Waals surface area contributed by atoms with Crippen molar-refractivity contribution in [2.75, 3.05) is 11.4 Å². The molecule has 2 rings (SSSR count). The Hall–Kier alpha value is -2.87. The fourth-order valence-corrected chi connectivity index (χ4v) is 2.17. The SMILES string of the molecule is CCN(C(=O)C(C)Oc1ccc(C#N)cc1)c1ccc(F)cc1. The van der Waals surface area contributed by atoms with E-state index in [2.05, 4.69) is 0 Å². The molecule has 0 saturated heterocycles. The first-order chi connectivity index (χ1) is 11.0. The third-order valence-corrected chi connectivity index (χ3v) is 3.36. The largest absolute Gasteiger partial charge is 0.481 e. The first-order valence-electron chi connectivity index (χ1n) is 7.29. The molecule has 23 heavy (non-hydrogen) atoms. The highest BCUT2D eigenvalue weighted by Gasteiger charge is 2.22. The van der Waals surface area contributed by atoms with Crippen LogP contribution in [-0.4, -0.2) is 18.6 Å². The maximum Gasteiger partial charge on any atom is 0.267 e. The van der Waals surface area contributed by atoms with E-state index in [0.717, 1.165) is 0 Å². The van der Waals surface area contributed by atoms with Crippen molar-refractivity contribution in [3.63, 3.8) is 0 Å². The second kappa shape index (κ2) is 7.41. The highest BCUT2D eigenvalue weighted by atomic mass is 19.1. The summed E-state index contributed by atoms with van der Waals surface area (Å²) in [4.78, 5) is 14.1. The van der Waals surface area contributed by atoms with Gasteiger partial charge in [-0.3, -0.25) is 4.79 Å². The van der Waals surface area contributed by atoms with Gasteiger partial charge in [-0.25, -0.2) is 4.39 Å². The van der Waals surface area contributed by atoms with Crippen LogP contribution in [0.1, 0.15) is 19.4 Å². The van der Waals surface area contributed by atoms with E-state index in [-0.39, 0.29) is 11.7 Å². The molecule has 0 radical (unpaired) electrons. The fraction of sp³-hybridized carbons (Fsp3) is 0.222. The molecule has 0 heterocycles. The van der Waals surface area contributed by atoms with Crippen LogP contribution in [0.15, 0.2) is 48.5 Å². The molecule has 0 N–H and O–H groups in total. The van der Waals surface area contributed by atoms with E-state index in [1.807, 2.05) is 13.0 Å². The summed E-state index contributed by atoms with van der Waals surface area (Å²) in [6.45, 7) is 3.95. The van der Waals surface area contributed by atoms with E-state index in [1.165, 1.54) is 17.0 Å². The Kier molecular flexibility index (Phi) is 5.32. The number of carbonyl (C=O) groups is 1. The Morgan fingerprint density at radius 2 is 1.83 bits per heavy atom. The lowest BCUT2D eigenvalue weighted by Crippen LogP contribution is -2.40. The molecule has 0 aliphatic rings. The summed E-state index contributed by atoms with van der Waals surface area (Å²) >= 11 is 0. The average Bonchev–Trinajstić information content (AvgIpc) is 2.57. The van der Waals surface area contributed by atoms with E-state index in [4.69, 9.17) is 10.00 Å². The fourth-order valence-electron chi connectivity index (χ4n) is 2.17. The molecule has 2 aromatic carbocycles. The Bertz CT molecular complexity index is 705. The molecule has 0 aliphatic carbocycles. The van der Waals surface area contributed by atoms with Crippen molar-refractivity contribution in [3.8, 4) is 11.8 Å². The van der Waals surface area contributed by atoms with Crippen LogP contribution in [0.25, 0.3) is 0 Å². The molecule has 0 saturated carbocycles. The average molecular weight is 312 g/mol. The van der Waals surface area contributed by atoms with E-state index in [0.29, 0.717) is 23.5 Å². The van der Waals surface area contributed by atoms with Crippen molar-refractivity contribution in [1.82, 2.24) is 0 Å². The normalized spacial score (nSPS) is 11.4. The van der Waals surface area contributed by atoms with Crippen LogP contribution in [0.2, 0.25) is 0 Å². The predicted octanol–water partition coefficient (Wildman–Crippen LogP) is 3.52. The molecule has 1 amide bonds. The van der Waals surface area contributed by atoms with E-state index in [1.54, 1.807) is 43.3 Å². The van der Waals surface area contributed by atoms with Crippen molar-refractivity contribution in [3.05, 3.63) is 59.9 Å². The van der Waals surface area contributed by atoms with Crippen LogP contribution >= 0.6 is 0 Å². The number of likely N-dealkylation sites (N-methyl/N-ethyl adjacent to an activating group) is 1. The number of halogens is 1. The zero-order chi connectivity index (χ0) is 16.8. The number of benzene rings is 2. The number of ether oxygens (including phenoxy) is 1. The summed E-state index contributed by atoms with van der Waals surface area (Å²) in [5.74, 6) is -0.0531. The van der Waals surface area contributed by atoms with Gasteiger partial charge >= 0.3 is 0 Å². The minimum atomic E-state index is -0.701. The summed E-state index contributed by atoms with van der Waals surface area (Å²) in [6.07, 6.45) is -0.701. The standard InChI is InChI=1S/C18H17FN2O2/c1-3-21(16-8-6-15(19)7-9-16)18(22)13(2)23-17-10-4-14(12-20)5-11-17/h4-11,13H,3H2,1-2H3. The Morgan fingerprint density at radius 3 is 2.35 bits per heavy atom. The molecular weight excluding hydrogens is 295 g/mol. The number of nitriles is 1. The second-order valence-electron chi connectivity index (χ2n) is 4.96. The molecule has 0 bridgehead atoms. The highest BCUT2D eigenvalue weighted by molar-refractivity contribution is 5.96. The molecule has 0 aliphatic heterocycles. The first-order valence-corrected chi connectivity index (χ1v) is 7.29. The van der Waals surface area contributed by atoms with Crippen LogP contribution < -0.4 is 9.64 Å². The lowest BCUT2D eigenvalue weighted by atomic mass is 10.2. The van der Waals surface area contributed by atoms with Gasteiger partial charge in [-0.15, -0.1) is 0 Å². The zero-order valence-electron chi connectivity index (χ0n) is 13.0. The third kappa shape index (κ3) is 4.07. The summed E-state index contributed by atoms with van der Waals surface area (Å²) in [6, 6.07) is 14.3. The van der Waals surface area contributed by atoms with Crippen molar-refractivity contribution in [1.29, 1.82) is 5.26 Å². The molecule has 1 atom stereocenters. The number of hydrogen-bond donors (Lipinski definition) is 0. The Balaban J connectivity index is 2.10. The van der Waals surface area contributed by atoms with E-state index >= 15 is 0 Å². The van der Waals surface area contributed by atoms with Gasteiger partial charge in [0.15, 0.2) is 6.10 Å². The number of nitrogens with zero attached hydrogens (tertiary/aromatic N) is 2. The van der Waals surface area contributed by atoms with Gasteiger partial charge in [0.05, 0.1) is 11.6 Å². The number of amides is 1. The highest BCUT2D eigenvalue weighted by Crippen LogP contribution is 2.18. The first kappa shape index (κ1) is 16.5. The molecule has 0 fully saturated rings. The molecule has 4 nitrogen and oxygen atoms in total. The van der Waals surface area contributed by atoms with Gasteiger partial charge < -0.3 is 9.64 Å². The molecule has 0 aromatic heterocycles. The summed E-state index contributed by atoms with van der Waals surface area (Å²) < 4.78 is 18.6. The van der Waals surface area contributed by atoms with Gasteiger partial charge in [0.25, 0.3) is 5.91 Å². The van der Waals surface area contributed by atoms with Gasteiger partial charge in [-0.05, 0) is 62.4 Å². The molecule has 5 heteroatoms. The maximum absolute atomic E-state index is 13.0. The minimum absolute atomic E-state index is 0.219. The number of rotatable bonds is 5. The van der Waals surface area contributed by atoms with Gasteiger partial charge in [0.2, 0.25) is 0 Å². The van der Waals surface area contributed by atoms with Crippen molar-refractivity contribution in [2.24, 2.45) is 0 Å². The smallest absolute Gasteiger partial charge is 0.267 e. The maximum atomic E-state index is 13.0. The molecule has 2 aromatic rings. The number of hydrogen-bond acceptors (Lipinski definition) is 3. The van der Waals surface area contributed by atoms with Crippen molar-refractivity contribution >= 4 is 11.6 Å². The summed E-state index contributed by atoms with van der Waals surface area (Å²) in [7, 11) is 0. The van der Waals surface area contributed by atoms with Crippen LogP contribution in [0, 0.1) is 17.1 Å². The predicted molar refractivity (Wildman–Crippen MR) is 85.7 cm³/mol. The molecular formula is C18H17FN2O2. The van der Waals surface area contributed by atoms with Crippen LogP contribution in [0.3, 0.4) is 0 Å². The van der Waals surface area contributed by atoms with Crippen LogP contribution in [-0.2, 0) is 4.79 Å². The van der Waals surface area contributed by atoms with Crippen molar-refractivity contribution in [2.45, 2.75) is 20.0 Å². The topological polar surface area (TPSA) is 53.3 Å². The molecule has 118 valence electrons. The molecule has 0 spiro atoms. The molecule has 1 unspecified atom stereocenters.